The Labute approximate surface area is 206 Å². The number of sulfone groups is 1. The van der Waals surface area contributed by atoms with Crippen molar-refractivity contribution >= 4 is 27.5 Å². The van der Waals surface area contributed by atoms with Crippen LogP contribution in [0.15, 0.2) is 47.4 Å². The number of hydrogen-bond donors (Lipinski definition) is 1. The lowest BCUT2D eigenvalue weighted by atomic mass is 10.1. The standard InChI is InChI=1S/C25H32N2O5S2/c1-17-12-18(4-9-24(17)32-3)14-27-15-22(33-21-7-5-20(31-2)6-8-21)13-23(27)25(28)26-19-10-11-34(29,30)16-19/h4-9,12,19,22-23H,10-11,13-16H2,1-3H3,(H,26,28)/t19?,22-,23+/m1/s1. The van der Waals surface area contributed by atoms with Gasteiger partial charge in [0.05, 0.1) is 31.8 Å². The normalized spacial score (nSPS) is 24.1. The zero-order valence-corrected chi connectivity index (χ0v) is 21.5. The van der Waals surface area contributed by atoms with Crippen LogP contribution in [-0.4, -0.2) is 68.8 Å². The molecule has 2 aromatic carbocycles. The number of aryl methyl sites for hydroxylation is 1. The van der Waals surface area contributed by atoms with E-state index in [0.29, 0.717) is 19.4 Å². The van der Waals surface area contributed by atoms with Gasteiger partial charge in [-0.05, 0) is 61.2 Å². The number of carbonyl (C=O) groups excluding carboxylic acids is 1. The SMILES string of the molecule is COc1ccc(S[C@@H]2C[C@@H](C(=O)NC3CCS(=O)(=O)C3)N(Cc3ccc(OC)c(C)c3)C2)cc1. The van der Waals surface area contributed by atoms with Gasteiger partial charge in [-0.1, -0.05) is 12.1 Å². The Balaban J connectivity index is 1.48. The summed E-state index contributed by atoms with van der Waals surface area (Å²) in [5, 5.41) is 3.26. The zero-order valence-electron chi connectivity index (χ0n) is 19.8. The number of carbonyl (C=O) groups is 1. The predicted octanol–water partition coefficient (Wildman–Crippen LogP) is 3.05. The Bertz CT molecular complexity index is 1120. The van der Waals surface area contributed by atoms with Gasteiger partial charge in [-0.15, -0.1) is 11.8 Å². The molecule has 7 nitrogen and oxygen atoms in total. The largest absolute Gasteiger partial charge is 0.497 e. The van der Waals surface area contributed by atoms with Crippen LogP contribution in [0.25, 0.3) is 0 Å². The third-order valence-electron chi connectivity index (χ3n) is 6.45. The molecule has 2 fully saturated rings. The highest BCUT2D eigenvalue weighted by atomic mass is 32.2. The van der Waals surface area contributed by atoms with Crippen molar-refractivity contribution in [2.45, 2.75) is 48.5 Å². The molecule has 0 aliphatic carbocycles. The van der Waals surface area contributed by atoms with Crippen molar-refractivity contribution < 1.29 is 22.7 Å². The molecule has 1 N–H and O–H groups in total. The number of hydrogen-bond acceptors (Lipinski definition) is 7. The zero-order chi connectivity index (χ0) is 24.3. The van der Waals surface area contributed by atoms with Gasteiger partial charge in [-0.3, -0.25) is 9.69 Å². The lowest BCUT2D eigenvalue weighted by Gasteiger charge is -2.25. The van der Waals surface area contributed by atoms with Gasteiger partial charge in [0.1, 0.15) is 11.5 Å². The van der Waals surface area contributed by atoms with Gasteiger partial charge in [0, 0.05) is 29.3 Å². The van der Waals surface area contributed by atoms with Crippen LogP contribution in [0.3, 0.4) is 0 Å². The molecule has 34 heavy (non-hydrogen) atoms. The molecule has 2 heterocycles. The number of benzene rings is 2. The first-order valence-electron chi connectivity index (χ1n) is 11.5. The van der Waals surface area contributed by atoms with Gasteiger partial charge in [-0.25, -0.2) is 8.42 Å². The summed E-state index contributed by atoms with van der Waals surface area (Å²) < 4.78 is 34.3. The first kappa shape index (κ1) is 24.9. The van der Waals surface area contributed by atoms with E-state index in [2.05, 4.69) is 16.3 Å². The highest BCUT2D eigenvalue weighted by molar-refractivity contribution is 8.00. The van der Waals surface area contributed by atoms with Gasteiger partial charge in [0.15, 0.2) is 9.84 Å². The summed E-state index contributed by atoms with van der Waals surface area (Å²) in [5.74, 6) is 1.76. The third-order valence-corrected chi connectivity index (χ3v) is 9.44. The molecule has 0 spiro atoms. The average molecular weight is 505 g/mol. The van der Waals surface area contributed by atoms with Crippen molar-refractivity contribution in [1.82, 2.24) is 10.2 Å². The van der Waals surface area contributed by atoms with Crippen LogP contribution in [0.1, 0.15) is 24.0 Å². The van der Waals surface area contributed by atoms with Gasteiger partial charge >= 0.3 is 0 Å². The van der Waals surface area contributed by atoms with Crippen LogP contribution in [0.4, 0.5) is 0 Å². The summed E-state index contributed by atoms with van der Waals surface area (Å²) in [6.07, 6.45) is 1.19. The van der Waals surface area contributed by atoms with Crippen molar-refractivity contribution in [1.29, 1.82) is 0 Å². The maximum absolute atomic E-state index is 13.3. The monoisotopic (exact) mass is 504 g/mol. The highest BCUT2D eigenvalue weighted by Gasteiger charge is 2.39. The van der Waals surface area contributed by atoms with Gasteiger partial charge < -0.3 is 14.8 Å². The van der Waals surface area contributed by atoms with Crippen molar-refractivity contribution in [2.75, 3.05) is 32.3 Å². The van der Waals surface area contributed by atoms with E-state index in [1.165, 1.54) is 0 Å². The van der Waals surface area contributed by atoms with E-state index >= 15 is 0 Å². The van der Waals surface area contributed by atoms with E-state index in [9.17, 15) is 13.2 Å². The second kappa shape index (κ2) is 10.6. The smallest absolute Gasteiger partial charge is 0.237 e. The molecule has 0 saturated carbocycles. The number of nitrogens with one attached hydrogen (secondary N) is 1. The average Bonchev–Trinajstić information content (AvgIpc) is 3.36. The molecule has 0 radical (unpaired) electrons. The minimum Gasteiger partial charge on any atom is -0.497 e. The van der Waals surface area contributed by atoms with E-state index in [4.69, 9.17) is 9.47 Å². The molecule has 184 valence electrons. The molecule has 0 aromatic heterocycles. The highest BCUT2D eigenvalue weighted by Crippen LogP contribution is 2.35. The molecule has 4 rings (SSSR count). The Morgan fingerprint density at radius 2 is 1.91 bits per heavy atom. The van der Waals surface area contributed by atoms with E-state index in [0.717, 1.165) is 34.1 Å². The van der Waals surface area contributed by atoms with Crippen LogP contribution in [0, 0.1) is 6.92 Å². The fourth-order valence-electron chi connectivity index (χ4n) is 4.72. The molecule has 3 atom stereocenters. The Hall–Kier alpha value is -2.23. The number of methoxy groups -OCH3 is 2. The molecule has 2 aliphatic rings. The molecular weight excluding hydrogens is 472 g/mol. The van der Waals surface area contributed by atoms with Gasteiger partial charge in [0.2, 0.25) is 5.91 Å². The van der Waals surface area contributed by atoms with Crippen LogP contribution in [0.5, 0.6) is 11.5 Å². The van der Waals surface area contributed by atoms with Crippen molar-refractivity contribution in [3.8, 4) is 11.5 Å². The van der Waals surface area contributed by atoms with Crippen molar-refractivity contribution in [3.05, 3.63) is 53.6 Å². The van der Waals surface area contributed by atoms with Gasteiger partial charge in [-0.2, -0.15) is 0 Å². The predicted molar refractivity (Wildman–Crippen MR) is 134 cm³/mol. The molecule has 2 aliphatic heterocycles. The fourth-order valence-corrected chi connectivity index (χ4v) is 7.62. The van der Waals surface area contributed by atoms with E-state index in [1.54, 1.807) is 26.0 Å². The lowest BCUT2D eigenvalue weighted by Crippen LogP contribution is -2.47. The van der Waals surface area contributed by atoms with E-state index in [-0.39, 0.29) is 34.7 Å². The topological polar surface area (TPSA) is 84.9 Å². The maximum Gasteiger partial charge on any atom is 0.237 e. The summed E-state index contributed by atoms with van der Waals surface area (Å²) >= 11 is 1.76. The second-order valence-corrected chi connectivity index (χ2v) is 12.6. The van der Waals surface area contributed by atoms with Gasteiger partial charge in [0.25, 0.3) is 0 Å². The van der Waals surface area contributed by atoms with Crippen molar-refractivity contribution in [2.24, 2.45) is 0 Å². The first-order valence-corrected chi connectivity index (χ1v) is 14.2. The Morgan fingerprint density at radius 1 is 1.15 bits per heavy atom. The second-order valence-electron chi connectivity index (χ2n) is 9.01. The summed E-state index contributed by atoms with van der Waals surface area (Å²) in [5.41, 5.74) is 2.18. The number of rotatable bonds is 8. The third kappa shape index (κ3) is 6.06. The molecule has 9 heteroatoms. The lowest BCUT2D eigenvalue weighted by molar-refractivity contribution is -0.126. The number of likely N-dealkylation sites (tertiary alicyclic amines) is 1. The molecular formula is C25H32N2O5S2. The fraction of sp³-hybridized carbons (Fsp3) is 0.480. The first-order chi connectivity index (χ1) is 16.3. The maximum atomic E-state index is 13.3. The van der Waals surface area contributed by atoms with Crippen LogP contribution >= 0.6 is 11.8 Å². The molecule has 1 unspecified atom stereocenters. The number of amides is 1. The van der Waals surface area contributed by atoms with E-state index < -0.39 is 9.84 Å². The van der Waals surface area contributed by atoms with Crippen molar-refractivity contribution in [3.63, 3.8) is 0 Å². The Morgan fingerprint density at radius 3 is 2.53 bits per heavy atom. The van der Waals surface area contributed by atoms with E-state index in [1.807, 2.05) is 43.3 Å². The minimum absolute atomic E-state index is 0.0349. The number of nitrogens with zero attached hydrogens (tertiary/aromatic N) is 1. The van der Waals surface area contributed by atoms with Crippen LogP contribution < -0.4 is 14.8 Å². The van der Waals surface area contributed by atoms with Crippen LogP contribution in [-0.2, 0) is 21.2 Å². The number of thioether (sulfide) groups is 1. The number of ether oxygens (including phenoxy) is 2. The summed E-state index contributed by atoms with van der Waals surface area (Å²) in [6, 6.07) is 13.5. The molecule has 2 saturated heterocycles. The molecule has 0 bridgehead atoms. The Kier molecular flexibility index (Phi) is 7.74. The quantitative estimate of drug-likeness (QED) is 0.591. The summed E-state index contributed by atoms with van der Waals surface area (Å²) in [4.78, 5) is 16.6. The summed E-state index contributed by atoms with van der Waals surface area (Å²) in [7, 11) is 0.259. The molecule has 2 aromatic rings. The summed E-state index contributed by atoms with van der Waals surface area (Å²) in [6.45, 7) is 3.42. The van der Waals surface area contributed by atoms with Crippen LogP contribution in [0.2, 0.25) is 0 Å². The minimum atomic E-state index is -3.05. The molecule has 1 amide bonds.